The van der Waals surface area contributed by atoms with E-state index < -0.39 is 5.60 Å². The quantitative estimate of drug-likeness (QED) is 0.747. The molecule has 15 heavy (non-hydrogen) atoms. The van der Waals surface area contributed by atoms with Gasteiger partial charge in [-0.2, -0.15) is 0 Å². The van der Waals surface area contributed by atoms with Crippen LogP contribution in [-0.4, -0.2) is 36.0 Å². The van der Waals surface area contributed by atoms with Gasteiger partial charge in [-0.25, -0.2) is 0 Å². The molecule has 0 bridgehead atoms. The normalized spacial score (nSPS) is 34.4. The number of nitrogens with one attached hydrogen (secondary N) is 1. The monoisotopic (exact) mass is 215 g/mol. The van der Waals surface area contributed by atoms with Crippen molar-refractivity contribution in [1.29, 1.82) is 0 Å². The maximum Gasteiger partial charge on any atom is 0.0843 e. The summed E-state index contributed by atoms with van der Waals surface area (Å²) in [5.41, 5.74) is -0.594. The molecule has 1 heterocycles. The Balaban J connectivity index is 2.59. The zero-order valence-corrected chi connectivity index (χ0v) is 10.4. The zero-order valence-electron chi connectivity index (χ0n) is 10.4. The van der Waals surface area contributed by atoms with Gasteiger partial charge in [0.05, 0.1) is 11.7 Å². The van der Waals surface area contributed by atoms with E-state index in [1.807, 2.05) is 0 Å². The van der Waals surface area contributed by atoms with Crippen LogP contribution in [0.4, 0.5) is 0 Å². The van der Waals surface area contributed by atoms with E-state index in [-0.39, 0.29) is 12.1 Å². The molecular weight excluding hydrogens is 190 g/mol. The van der Waals surface area contributed by atoms with Crippen molar-refractivity contribution in [3.63, 3.8) is 0 Å². The molecule has 1 saturated heterocycles. The van der Waals surface area contributed by atoms with Crippen LogP contribution in [0.2, 0.25) is 0 Å². The van der Waals surface area contributed by atoms with Gasteiger partial charge in [0.1, 0.15) is 0 Å². The Morgan fingerprint density at radius 2 is 2.13 bits per heavy atom. The highest BCUT2D eigenvalue weighted by Gasteiger charge is 2.40. The summed E-state index contributed by atoms with van der Waals surface area (Å²) in [5.74, 6) is 0.477. The van der Waals surface area contributed by atoms with Crippen LogP contribution in [0, 0.1) is 5.92 Å². The fourth-order valence-corrected chi connectivity index (χ4v) is 2.21. The summed E-state index contributed by atoms with van der Waals surface area (Å²) in [5, 5.41) is 13.9. The van der Waals surface area contributed by atoms with E-state index in [2.05, 4.69) is 33.0 Å². The Hall–Kier alpha value is -0.120. The SMILES string of the molecule is CCNC(C)C1(O)CCOC(C(C)C)C1. The molecule has 3 nitrogen and oxygen atoms in total. The van der Waals surface area contributed by atoms with E-state index in [0.29, 0.717) is 12.5 Å². The third kappa shape index (κ3) is 3.16. The summed E-state index contributed by atoms with van der Waals surface area (Å²) in [6, 6.07) is 0.146. The fraction of sp³-hybridized carbons (Fsp3) is 1.00. The van der Waals surface area contributed by atoms with Crippen molar-refractivity contribution in [2.45, 2.75) is 58.3 Å². The highest BCUT2D eigenvalue weighted by molar-refractivity contribution is 4.94. The number of aliphatic hydroxyl groups is 1. The first kappa shape index (κ1) is 12.9. The van der Waals surface area contributed by atoms with Crippen LogP contribution in [-0.2, 0) is 4.74 Å². The van der Waals surface area contributed by atoms with Gasteiger partial charge in [0.25, 0.3) is 0 Å². The maximum atomic E-state index is 10.5. The van der Waals surface area contributed by atoms with E-state index in [9.17, 15) is 5.11 Å². The molecule has 0 aromatic rings. The molecule has 0 aromatic heterocycles. The minimum Gasteiger partial charge on any atom is -0.388 e. The molecule has 3 unspecified atom stereocenters. The number of rotatable bonds is 4. The zero-order chi connectivity index (χ0) is 11.5. The summed E-state index contributed by atoms with van der Waals surface area (Å²) >= 11 is 0. The standard InChI is InChI=1S/C12H25NO2/c1-5-13-10(4)12(14)6-7-15-11(8-12)9(2)3/h9-11,13-14H,5-8H2,1-4H3. The van der Waals surface area contributed by atoms with Crippen molar-refractivity contribution in [3.05, 3.63) is 0 Å². The van der Waals surface area contributed by atoms with E-state index in [1.165, 1.54) is 0 Å². The summed E-state index contributed by atoms with van der Waals surface area (Å²) in [6.07, 6.45) is 1.69. The molecule has 0 aliphatic carbocycles. The molecule has 2 N–H and O–H groups in total. The van der Waals surface area contributed by atoms with Crippen molar-refractivity contribution < 1.29 is 9.84 Å². The average Bonchev–Trinajstić information content (AvgIpc) is 2.18. The van der Waals surface area contributed by atoms with Crippen LogP contribution in [0.3, 0.4) is 0 Å². The van der Waals surface area contributed by atoms with Gasteiger partial charge in [0.15, 0.2) is 0 Å². The summed E-state index contributed by atoms with van der Waals surface area (Å²) in [6.45, 7) is 10.00. The van der Waals surface area contributed by atoms with Crippen LogP contribution in [0.5, 0.6) is 0 Å². The van der Waals surface area contributed by atoms with Gasteiger partial charge < -0.3 is 15.2 Å². The lowest BCUT2D eigenvalue weighted by Crippen LogP contribution is -2.54. The molecule has 0 amide bonds. The molecule has 0 radical (unpaired) electrons. The first-order valence-electron chi connectivity index (χ1n) is 6.07. The number of ether oxygens (including phenoxy) is 1. The van der Waals surface area contributed by atoms with Crippen LogP contribution in [0.25, 0.3) is 0 Å². The van der Waals surface area contributed by atoms with Crippen molar-refractivity contribution in [3.8, 4) is 0 Å². The highest BCUT2D eigenvalue weighted by Crippen LogP contribution is 2.31. The Kier molecular flexibility index (Phi) is 4.56. The lowest BCUT2D eigenvalue weighted by Gasteiger charge is -2.42. The number of hydrogen-bond acceptors (Lipinski definition) is 3. The van der Waals surface area contributed by atoms with Gasteiger partial charge in [0, 0.05) is 25.5 Å². The first-order chi connectivity index (χ1) is 6.99. The molecule has 1 fully saturated rings. The Labute approximate surface area is 93.2 Å². The second-order valence-electron chi connectivity index (χ2n) is 4.99. The minimum absolute atomic E-state index is 0.146. The molecule has 0 saturated carbocycles. The molecular formula is C12H25NO2. The lowest BCUT2D eigenvalue weighted by atomic mass is 9.81. The predicted molar refractivity (Wildman–Crippen MR) is 61.9 cm³/mol. The van der Waals surface area contributed by atoms with Crippen molar-refractivity contribution >= 4 is 0 Å². The van der Waals surface area contributed by atoms with Gasteiger partial charge in [-0.15, -0.1) is 0 Å². The molecule has 0 spiro atoms. The van der Waals surface area contributed by atoms with Crippen LogP contribution >= 0.6 is 0 Å². The largest absolute Gasteiger partial charge is 0.388 e. The van der Waals surface area contributed by atoms with E-state index in [4.69, 9.17) is 4.74 Å². The Bertz CT molecular complexity index is 196. The van der Waals surface area contributed by atoms with Crippen molar-refractivity contribution in [2.24, 2.45) is 5.92 Å². The fourth-order valence-electron chi connectivity index (χ4n) is 2.21. The predicted octanol–water partition coefficient (Wildman–Crippen LogP) is 1.55. The van der Waals surface area contributed by atoms with Gasteiger partial charge in [-0.3, -0.25) is 0 Å². The second-order valence-corrected chi connectivity index (χ2v) is 4.99. The third-order valence-corrected chi connectivity index (χ3v) is 3.48. The van der Waals surface area contributed by atoms with Gasteiger partial charge in [-0.1, -0.05) is 20.8 Å². The number of likely N-dealkylation sites (N-methyl/N-ethyl adjacent to an activating group) is 1. The Morgan fingerprint density at radius 3 is 2.67 bits per heavy atom. The summed E-state index contributed by atoms with van der Waals surface area (Å²) in [4.78, 5) is 0. The van der Waals surface area contributed by atoms with Gasteiger partial charge in [-0.05, 0) is 19.4 Å². The summed E-state index contributed by atoms with van der Waals surface area (Å²) < 4.78 is 5.68. The molecule has 90 valence electrons. The van der Waals surface area contributed by atoms with Crippen LogP contribution in [0.1, 0.15) is 40.5 Å². The van der Waals surface area contributed by atoms with E-state index in [0.717, 1.165) is 19.4 Å². The average molecular weight is 215 g/mol. The lowest BCUT2D eigenvalue weighted by molar-refractivity contribution is -0.129. The van der Waals surface area contributed by atoms with Gasteiger partial charge in [0.2, 0.25) is 0 Å². The molecule has 1 aliphatic heterocycles. The summed E-state index contributed by atoms with van der Waals surface area (Å²) in [7, 11) is 0. The molecule has 1 rings (SSSR count). The maximum absolute atomic E-state index is 10.5. The van der Waals surface area contributed by atoms with Crippen molar-refractivity contribution in [1.82, 2.24) is 5.32 Å². The number of hydrogen-bond donors (Lipinski definition) is 2. The Morgan fingerprint density at radius 1 is 1.47 bits per heavy atom. The molecule has 1 aliphatic rings. The van der Waals surface area contributed by atoms with Gasteiger partial charge >= 0.3 is 0 Å². The van der Waals surface area contributed by atoms with E-state index in [1.54, 1.807) is 0 Å². The second kappa shape index (κ2) is 5.28. The smallest absolute Gasteiger partial charge is 0.0843 e. The molecule has 3 heteroatoms. The molecule has 0 aromatic carbocycles. The topological polar surface area (TPSA) is 41.5 Å². The minimum atomic E-state index is -0.594. The van der Waals surface area contributed by atoms with Crippen molar-refractivity contribution in [2.75, 3.05) is 13.2 Å². The molecule has 3 atom stereocenters. The third-order valence-electron chi connectivity index (χ3n) is 3.48. The first-order valence-corrected chi connectivity index (χ1v) is 6.07. The van der Waals surface area contributed by atoms with Crippen LogP contribution < -0.4 is 5.32 Å². The van der Waals surface area contributed by atoms with E-state index >= 15 is 0 Å². The highest BCUT2D eigenvalue weighted by atomic mass is 16.5. The van der Waals surface area contributed by atoms with Crippen LogP contribution in [0.15, 0.2) is 0 Å².